The Kier molecular flexibility index (Phi) is 1.91. The molecule has 0 fully saturated rings. The van der Waals surface area contributed by atoms with Crippen LogP contribution in [0.15, 0.2) is 18.2 Å². The monoisotopic (exact) mass is 196 g/mol. The van der Waals surface area contributed by atoms with Crippen molar-refractivity contribution in [1.29, 1.82) is 0 Å². The van der Waals surface area contributed by atoms with Crippen LogP contribution in [-0.4, -0.2) is 5.60 Å². The molecule has 13 heavy (non-hydrogen) atoms. The van der Waals surface area contributed by atoms with Gasteiger partial charge in [-0.3, -0.25) is 0 Å². The molecule has 1 aromatic carbocycles. The second-order valence-electron chi connectivity index (χ2n) is 3.87. The van der Waals surface area contributed by atoms with Gasteiger partial charge < -0.3 is 8.92 Å². The van der Waals surface area contributed by atoms with Crippen LogP contribution in [0.3, 0.4) is 0 Å². The van der Waals surface area contributed by atoms with Crippen LogP contribution in [-0.2, 0) is 6.42 Å². The number of hydrogen-bond donors (Lipinski definition) is 1. The molecule has 0 aromatic heterocycles. The van der Waals surface area contributed by atoms with Crippen molar-refractivity contribution in [2.75, 3.05) is 0 Å². The van der Waals surface area contributed by atoms with Crippen LogP contribution in [0.5, 0.6) is 11.5 Å². The largest absolute Gasteiger partial charge is 0.483 e. The molecule has 0 N–H and O–H groups in total. The van der Waals surface area contributed by atoms with Gasteiger partial charge in [0.2, 0.25) is 0 Å². The summed E-state index contributed by atoms with van der Waals surface area (Å²) in [6.45, 7) is 4.13. The normalized spacial score (nSPS) is 17.8. The standard InChI is InChI=1S/C10H12O2S/c1-10(2)6-7-4-3-5-8(12-13)9(7)11-10/h3-5,13H,6H2,1-2H3. The molecule has 2 nitrogen and oxygen atoms in total. The number of para-hydroxylation sites is 1. The molecule has 0 bridgehead atoms. The second kappa shape index (κ2) is 2.84. The van der Waals surface area contributed by atoms with E-state index < -0.39 is 0 Å². The van der Waals surface area contributed by atoms with Crippen molar-refractivity contribution in [2.45, 2.75) is 25.9 Å². The van der Waals surface area contributed by atoms with E-state index >= 15 is 0 Å². The van der Waals surface area contributed by atoms with Crippen LogP contribution >= 0.6 is 12.9 Å². The molecule has 1 heterocycles. The third-order valence-corrected chi connectivity index (χ3v) is 2.35. The highest BCUT2D eigenvalue weighted by atomic mass is 32.1. The molecule has 2 rings (SSSR count). The van der Waals surface area contributed by atoms with E-state index in [9.17, 15) is 0 Å². The highest BCUT2D eigenvalue weighted by molar-refractivity contribution is 7.75. The molecule has 0 unspecified atom stereocenters. The van der Waals surface area contributed by atoms with Gasteiger partial charge in [-0.25, -0.2) is 0 Å². The first kappa shape index (κ1) is 8.75. The molecule has 0 atom stereocenters. The van der Waals surface area contributed by atoms with E-state index in [0.717, 1.165) is 12.2 Å². The fourth-order valence-corrected chi connectivity index (χ4v) is 1.80. The molecular formula is C10H12O2S. The molecule has 1 aromatic rings. The molecule has 1 aliphatic heterocycles. The van der Waals surface area contributed by atoms with Gasteiger partial charge in [0.15, 0.2) is 11.5 Å². The van der Waals surface area contributed by atoms with E-state index in [1.165, 1.54) is 5.56 Å². The Morgan fingerprint density at radius 2 is 2.23 bits per heavy atom. The van der Waals surface area contributed by atoms with Crippen molar-refractivity contribution in [3.05, 3.63) is 23.8 Å². The predicted octanol–water partition coefficient (Wildman–Crippen LogP) is 2.62. The van der Waals surface area contributed by atoms with Crippen molar-refractivity contribution in [1.82, 2.24) is 0 Å². The Morgan fingerprint density at radius 3 is 2.92 bits per heavy atom. The topological polar surface area (TPSA) is 18.5 Å². The maximum absolute atomic E-state index is 5.74. The third kappa shape index (κ3) is 1.48. The van der Waals surface area contributed by atoms with Gasteiger partial charge in [0, 0.05) is 24.9 Å². The van der Waals surface area contributed by atoms with Gasteiger partial charge in [0.1, 0.15) is 5.60 Å². The molecule has 70 valence electrons. The molecule has 0 spiro atoms. The van der Waals surface area contributed by atoms with Gasteiger partial charge in [0.05, 0.1) is 0 Å². The zero-order valence-corrected chi connectivity index (χ0v) is 8.60. The van der Waals surface area contributed by atoms with Gasteiger partial charge in [0.25, 0.3) is 0 Å². The van der Waals surface area contributed by atoms with E-state index in [1.54, 1.807) is 0 Å². The summed E-state index contributed by atoms with van der Waals surface area (Å²) >= 11 is 3.79. The summed E-state index contributed by atoms with van der Waals surface area (Å²) < 4.78 is 10.7. The Bertz CT molecular complexity index is 334. The van der Waals surface area contributed by atoms with Gasteiger partial charge in [-0.05, 0) is 19.9 Å². The summed E-state index contributed by atoms with van der Waals surface area (Å²) in [5, 5.41) is 0. The lowest BCUT2D eigenvalue weighted by Gasteiger charge is -2.17. The molecule has 0 radical (unpaired) electrons. The van der Waals surface area contributed by atoms with E-state index in [0.29, 0.717) is 5.75 Å². The molecule has 0 aliphatic carbocycles. The van der Waals surface area contributed by atoms with Crippen LogP contribution in [0.25, 0.3) is 0 Å². The van der Waals surface area contributed by atoms with Crippen molar-refractivity contribution < 1.29 is 8.92 Å². The first-order valence-electron chi connectivity index (χ1n) is 4.25. The van der Waals surface area contributed by atoms with Gasteiger partial charge >= 0.3 is 0 Å². The minimum Gasteiger partial charge on any atom is -0.483 e. The Morgan fingerprint density at radius 1 is 1.46 bits per heavy atom. The Labute approximate surface area is 83.5 Å². The van der Waals surface area contributed by atoms with Crippen LogP contribution in [0.4, 0.5) is 0 Å². The van der Waals surface area contributed by atoms with Crippen LogP contribution in [0, 0.1) is 0 Å². The van der Waals surface area contributed by atoms with Crippen molar-refractivity contribution in [2.24, 2.45) is 0 Å². The number of thiol groups is 1. The van der Waals surface area contributed by atoms with Gasteiger partial charge in [-0.1, -0.05) is 12.1 Å². The average molecular weight is 196 g/mol. The van der Waals surface area contributed by atoms with E-state index in [1.807, 2.05) is 12.1 Å². The summed E-state index contributed by atoms with van der Waals surface area (Å²) in [5.74, 6) is 1.54. The third-order valence-electron chi connectivity index (χ3n) is 2.15. The maximum atomic E-state index is 5.74. The molecule has 1 aliphatic rings. The summed E-state index contributed by atoms with van der Waals surface area (Å²) in [4.78, 5) is 0. The fraction of sp³-hybridized carbons (Fsp3) is 0.400. The summed E-state index contributed by atoms with van der Waals surface area (Å²) in [7, 11) is 0. The zero-order valence-electron chi connectivity index (χ0n) is 7.70. The minimum absolute atomic E-state index is 0.120. The highest BCUT2D eigenvalue weighted by Gasteiger charge is 2.32. The molecule has 3 heteroatoms. The van der Waals surface area contributed by atoms with E-state index in [-0.39, 0.29) is 5.60 Å². The number of fused-ring (bicyclic) bond motifs is 1. The lowest BCUT2D eigenvalue weighted by atomic mass is 10.0. The highest BCUT2D eigenvalue weighted by Crippen LogP contribution is 2.41. The minimum atomic E-state index is -0.120. The molecule has 0 saturated carbocycles. The molecular weight excluding hydrogens is 184 g/mol. The van der Waals surface area contributed by atoms with Crippen LogP contribution in [0.2, 0.25) is 0 Å². The smallest absolute Gasteiger partial charge is 0.179 e. The number of ether oxygens (including phenoxy) is 1. The first-order chi connectivity index (χ1) is 6.12. The first-order valence-corrected chi connectivity index (χ1v) is 4.61. The van der Waals surface area contributed by atoms with Gasteiger partial charge in [-0.2, -0.15) is 0 Å². The fourth-order valence-electron chi connectivity index (χ4n) is 1.66. The Balaban J connectivity index is 2.45. The van der Waals surface area contributed by atoms with Crippen LogP contribution < -0.4 is 8.92 Å². The van der Waals surface area contributed by atoms with Crippen molar-refractivity contribution >= 4 is 12.9 Å². The summed E-state index contributed by atoms with van der Waals surface area (Å²) in [6, 6.07) is 5.86. The Hall–Kier alpha value is -0.830. The molecule has 0 amide bonds. The lowest BCUT2D eigenvalue weighted by molar-refractivity contribution is 0.136. The quantitative estimate of drug-likeness (QED) is 0.550. The number of hydrogen-bond acceptors (Lipinski definition) is 3. The predicted molar refractivity (Wildman–Crippen MR) is 54.5 cm³/mol. The lowest BCUT2D eigenvalue weighted by Crippen LogP contribution is -2.24. The summed E-state index contributed by atoms with van der Waals surface area (Å²) in [6.07, 6.45) is 0.924. The zero-order chi connectivity index (χ0) is 9.47. The van der Waals surface area contributed by atoms with Crippen LogP contribution in [0.1, 0.15) is 19.4 Å². The SMILES string of the molecule is CC1(C)Cc2cccc(OS)c2O1. The van der Waals surface area contributed by atoms with Crippen molar-refractivity contribution in [3.63, 3.8) is 0 Å². The van der Waals surface area contributed by atoms with Crippen molar-refractivity contribution in [3.8, 4) is 11.5 Å². The van der Waals surface area contributed by atoms with E-state index in [4.69, 9.17) is 8.92 Å². The second-order valence-corrected chi connectivity index (χ2v) is 4.06. The maximum Gasteiger partial charge on any atom is 0.179 e. The van der Waals surface area contributed by atoms with E-state index in [2.05, 4.69) is 32.8 Å². The molecule has 0 saturated heterocycles. The average Bonchev–Trinajstić information content (AvgIpc) is 2.37. The van der Waals surface area contributed by atoms with Gasteiger partial charge in [-0.15, -0.1) is 0 Å². The summed E-state index contributed by atoms with van der Waals surface area (Å²) in [5.41, 5.74) is 1.07. The number of rotatable bonds is 1. The number of benzene rings is 1.